The molecule has 16 heavy (non-hydrogen) atoms. The molecule has 1 aromatic rings. The minimum atomic E-state index is -1.12. The van der Waals surface area contributed by atoms with E-state index in [0.29, 0.717) is 0 Å². The van der Waals surface area contributed by atoms with Crippen LogP contribution in [0.15, 0.2) is 18.3 Å². The van der Waals surface area contributed by atoms with Gasteiger partial charge in [0.05, 0.1) is 24.1 Å². The minimum absolute atomic E-state index is 0.172. The second kappa shape index (κ2) is 5.17. The number of aliphatic hydroxyl groups is 1. The first-order valence-corrected chi connectivity index (χ1v) is 4.40. The maximum Gasteiger partial charge on any atom is 0.308 e. The highest BCUT2D eigenvalue weighted by Crippen LogP contribution is 2.17. The van der Waals surface area contributed by atoms with Crippen LogP contribution in [0.5, 0.6) is 0 Å². The van der Waals surface area contributed by atoms with Gasteiger partial charge in [-0.15, -0.1) is 0 Å². The number of rotatable bonds is 4. The average molecular weight is 226 g/mol. The van der Waals surface area contributed by atoms with Crippen LogP contribution < -0.4 is 0 Å². The molecule has 1 atom stereocenters. The lowest BCUT2D eigenvalue weighted by molar-refractivity contribution is -0.385. The van der Waals surface area contributed by atoms with Gasteiger partial charge in [0.25, 0.3) is 5.69 Å². The van der Waals surface area contributed by atoms with Crippen molar-refractivity contribution >= 4 is 11.7 Å². The van der Waals surface area contributed by atoms with Gasteiger partial charge in [-0.2, -0.15) is 0 Å². The van der Waals surface area contributed by atoms with E-state index in [0.717, 1.165) is 6.20 Å². The zero-order valence-electron chi connectivity index (χ0n) is 8.49. The number of carbonyl (C=O) groups is 1. The maximum atomic E-state index is 10.9. The SMILES string of the molecule is COC(=O)C[C@@H](O)c1ccc([N+](=O)[O-])cn1. The van der Waals surface area contributed by atoms with Crippen LogP contribution in [0, 0.1) is 10.1 Å². The number of methoxy groups -OCH3 is 1. The fourth-order valence-electron chi connectivity index (χ4n) is 1.05. The molecule has 1 aromatic heterocycles. The normalized spacial score (nSPS) is 11.9. The molecule has 1 heterocycles. The standard InChI is InChI=1S/C9H10N2O5/c1-16-9(13)4-8(12)7-3-2-6(5-10-7)11(14)15/h2-3,5,8,12H,4H2,1H3/t8-/m1/s1. The van der Waals surface area contributed by atoms with E-state index in [1.165, 1.54) is 19.2 Å². The van der Waals surface area contributed by atoms with Gasteiger partial charge in [0.2, 0.25) is 0 Å². The van der Waals surface area contributed by atoms with Crippen molar-refractivity contribution in [1.29, 1.82) is 0 Å². The molecule has 0 aliphatic heterocycles. The second-order valence-corrected chi connectivity index (χ2v) is 2.99. The fourth-order valence-corrected chi connectivity index (χ4v) is 1.05. The summed E-state index contributed by atoms with van der Waals surface area (Å²) in [5.41, 5.74) is 0.0185. The number of hydrogen-bond acceptors (Lipinski definition) is 6. The molecule has 0 spiro atoms. The Kier molecular flexibility index (Phi) is 3.90. The van der Waals surface area contributed by atoms with E-state index >= 15 is 0 Å². The number of hydrogen-bond donors (Lipinski definition) is 1. The van der Waals surface area contributed by atoms with Crippen LogP contribution in [0.3, 0.4) is 0 Å². The first kappa shape index (κ1) is 12.1. The summed E-state index contributed by atoms with van der Waals surface area (Å²) in [6, 6.07) is 2.51. The van der Waals surface area contributed by atoms with Gasteiger partial charge >= 0.3 is 5.97 Å². The van der Waals surface area contributed by atoms with E-state index in [4.69, 9.17) is 0 Å². The first-order chi connectivity index (χ1) is 7.54. The van der Waals surface area contributed by atoms with Gasteiger partial charge in [-0.1, -0.05) is 0 Å². The van der Waals surface area contributed by atoms with Crippen LogP contribution in [-0.2, 0) is 9.53 Å². The maximum absolute atomic E-state index is 10.9. The number of carbonyl (C=O) groups excluding carboxylic acids is 1. The average Bonchev–Trinajstić information content (AvgIpc) is 2.28. The predicted molar refractivity (Wildman–Crippen MR) is 52.5 cm³/mol. The van der Waals surface area contributed by atoms with Crippen molar-refractivity contribution in [3.8, 4) is 0 Å². The Morgan fingerprint density at radius 3 is 2.81 bits per heavy atom. The van der Waals surface area contributed by atoms with E-state index in [9.17, 15) is 20.0 Å². The largest absolute Gasteiger partial charge is 0.469 e. The Morgan fingerprint density at radius 2 is 2.38 bits per heavy atom. The molecular formula is C9H10N2O5. The fraction of sp³-hybridized carbons (Fsp3) is 0.333. The van der Waals surface area contributed by atoms with Crippen molar-refractivity contribution in [3.63, 3.8) is 0 Å². The highest BCUT2D eigenvalue weighted by molar-refractivity contribution is 5.69. The molecule has 0 aliphatic carbocycles. The Balaban J connectivity index is 2.73. The van der Waals surface area contributed by atoms with E-state index in [-0.39, 0.29) is 17.8 Å². The van der Waals surface area contributed by atoms with Crippen LogP contribution in [0.4, 0.5) is 5.69 Å². The Morgan fingerprint density at radius 1 is 1.69 bits per heavy atom. The van der Waals surface area contributed by atoms with Gasteiger partial charge in [-0.05, 0) is 6.07 Å². The quantitative estimate of drug-likeness (QED) is 0.457. The van der Waals surface area contributed by atoms with Crippen molar-refractivity contribution in [3.05, 3.63) is 34.1 Å². The lowest BCUT2D eigenvalue weighted by atomic mass is 10.1. The van der Waals surface area contributed by atoms with Gasteiger partial charge in [0.1, 0.15) is 12.3 Å². The molecule has 0 radical (unpaired) electrons. The molecule has 0 aromatic carbocycles. The molecule has 7 heteroatoms. The van der Waals surface area contributed by atoms with Gasteiger partial charge in [-0.25, -0.2) is 0 Å². The number of nitro groups is 1. The van der Waals surface area contributed by atoms with Crippen LogP contribution in [0.2, 0.25) is 0 Å². The number of pyridine rings is 1. The number of ether oxygens (including phenoxy) is 1. The van der Waals surface area contributed by atoms with Gasteiger partial charge in [0, 0.05) is 6.07 Å². The number of esters is 1. The third-order valence-electron chi connectivity index (χ3n) is 1.91. The summed E-state index contributed by atoms with van der Waals surface area (Å²) in [6.07, 6.45) is -0.329. The third-order valence-corrected chi connectivity index (χ3v) is 1.91. The summed E-state index contributed by atoms with van der Waals surface area (Å²) in [7, 11) is 1.21. The van der Waals surface area contributed by atoms with Gasteiger partial charge < -0.3 is 9.84 Å². The predicted octanol–water partition coefficient (Wildman–Crippen LogP) is 0.586. The summed E-state index contributed by atoms with van der Waals surface area (Å²) >= 11 is 0. The van der Waals surface area contributed by atoms with Crippen LogP contribution in [-0.4, -0.2) is 28.1 Å². The van der Waals surface area contributed by atoms with Crippen molar-refractivity contribution in [2.75, 3.05) is 7.11 Å². The second-order valence-electron chi connectivity index (χ2n) is 2.99. The number of nitrogens with zero attached hydrogens (tertiary/aromatic N) is 2. The van der Waals surface area contributed by atoms with Crippen LogP contribution >= 0.6 is 0 Å². The molecule has 86 valence electrons. The van der Waals surface area contributed by atoms with Crippen LogP contribution in [0.1, 0.15) is 18.2 Å². The molecule has 7 nitrogen and oxygen atoms in total. The molecule has 0 saturated carbocycles. The highest BCUT2D eigenvalue weighted by Gasteiger charge is 2.15. The zero-order valence-corrected chi connectivity index (χ0v) is 8.49. The highest BCUT2D eigenvalue weighted by atomic mass is 16.6. The monoisotopic (exact) mass is 226 g/mol. The number of aromatic nitrogens is 1. The Labute approximate surface area is 90.8 Å². The van der Waals surface area contributed by atoms with Crippen LogP contribution in [0.25, 0.3) is 0 Å². The third kappa shape index (κ3) is 2.99. The molecule has 0 bridgehead atoms. The molecule has 0 aliphatic rings. The lowest BCUT2D eigenvalue weighted by Crippen LogP contribution is -2.09. The van der Waals surface area contributed by atoms with E-state index in [1.54, 1.807) is 0 Å². The van der Waals surface area contributed by atoms with Crippen molar-refractivity contribution < 1.29 is 19.6 Å². The molecule has 0 unspecified atom stereocenters. The summed E-state index contributed by atoms with van der Waals surface area (Å²) in [5.74, 6) is -0.576. The van der Waals surface area contributed by atoms with E-state index in [2.05, 4.69) is 9.72 Å². The smallest absolute Gasteiger partial charge is 0.308 e. The van der Waals surface area contributed by atoms with Crippen molar-refractivity contribution in [2.45, 2.75) is 12.5 Å². The number of aliphatic hydroxyl groups excluding tert-OH is 1. The summed E-state index contributed by atoms with van der Waals surface area (Å²) in [6.45, 7) is 0. The molecule has 0 fully saturated rings. The molecular weight excluding hydrogens is 216 g/mol. The van der Waals surface area contributed by atoms with E-state index in [1.807, 2.05) is 0 Å². The minimum Gasteiger partial charge on any atom is -0.469 e. The van der Waals surface area contributed by atoms with E-state index < -0.39 is 17.0 Å². The Hall–Kier alpha value is -2.02. The van der Waals surface area contributed by atoms with Gasteiger partial charge in [-0.3, -0.25) is 19.9 Å². The molecule has 1 N–H and O–H groups in total. The summed E-state index contributed by atoms with van der Waals surface area (Å²) in [5, 5.41) is 19.9. The zero-order chi connectivity index (χ0) is 12.1. The Bertz CT molecular complexity index is 389. The van der Waals surface area contributed by atoms with Gasteiger partial charge in [0.15, 0.2) is 0 Å². The first-order valence-electron chi connectivity index (χ1n) is 4.40. The summed E-state index contributed by atoms with van der Waals surface area (Å²) in [4.78, 5) is 24.3. The lowest BCUT2D eigenvalue weighted by Gasteiger charge is -2.07. The molecule has 0 amide bonds. The summed E-state index contributed by atoms with van der Waals surface area (Å²) < 4.78 is 4.37. The van der Waals surface area contributed by atoms with Crippen molar-refractivity contribution in [1.82, 2.24) is 4.98 Å². The molecule has 0 saturated heterocycles. The van der Waals surface area contributed by atoms with Crippen molar-refractivity contribution in [2.24, 2.45) is 0 Å². The molecule has 1 rings (SSSR count). The topological polar surface area (TPSA) is 103 Å².